The molecule has 146 valence electrons. The fourth-order valence-corrected chi connectivity index (χ4v) is 4.05. The van der Waals surface area contributed by atoms with Gasteiger partial charge in [0.25, 0.3) is 0 Å². The number of amides is 1. The summed E-state index contributed by atoms with van der Waals surface area (Å²) >= 11 is 0. The molecule has 2 aliphatic rings. The maximum absolute atomic E-state index is 12.9. The number of anilines is 3. The minimum atomic E-state index is -0.178. The number of carbonyl (C=O) groups is 1. The molecule has 1 amide bonds. The van der Waals surface area contributed by atoms with Gasteiger partial charge in [0.2, 0.25) is 11.9 Å². The SMILES string of the molecule is CCC1C(=O)N(C)c2cnc(NN=Cc3cccnc3)nc2N1C1CCCC1. The van der Waals surface area contributed by atoms with Gasteiger partial charge in [0, 0.05) is 31.0 Å². The Bertz CT molecular complexity index is 864. The molecule has 1 N–H and O–H groups in total. The molecule has 0 radical (unpaired) electrons. The van der Waals surface area contributed by atoms with Crippen LogP contribution in [0.2, 0.25) is 0 Å². The summed E-state index contributed by atoms with van der Waals surface area (Å²) in [6, 6.07) is 3.94. The Kier molecular flexibility index (Phi) is 5.18. The molecule has 8 heteroatoms. The molecule has 1 fully saturated rings. The number of hydrogen-bond donors (Lipinski definition) is 1. The molecule has 0 aromatic carbocycles. The second-order valence-electron chi connectivity index (χ2n) is 7.23. The van der Waals surface area contributed by atoms with Crippen molar-refractivity contribution >= 4 is 29.6 Å². The van der Waals surface area contributed by atoms with Gasteiger partial charge in [-0.1, -0.05) is 25.8 Å². The highest BCUT2D eigenvalue weighted by Gasteiger charge is 2.41. The quantitative estimate of drug-likeness (QED) is 0.635. The lowest BCUT2D eigenvalue weighted by Gasteiger charge is -2.43. The lowest BCUT2D eigenvalue weighted by molar-refractivity contribution is -0.120. The number of hydrogen-bond acceptors (Lipinski definition) is 7. The molecule has 1 unspecified atom stereocenters. The Labute approximate surface area is 164 Å². The van der Waals surface area contributed by atoms with Crippen LogP contribution >= 0.6 is 0 Å². The van der Waals surface area contributed by atoms with Crippen LogP contribution in [0.5, 0.6) is 0 Å². The number of carbonyl (C=O) groups excluding carboxylic acids is 1. The third-order valence-electron chi connectivity index (χ3n) is 5.47. The normalized spacial score (nSPS) is 20.1. The van der Waals surface area contributed by atoms with Crippen LogP contribution in [0.3, 0.4) is 0 Å². The summed E-state index contributed by atoms with van der Waals surface area (Å²) in [6.07, 6.45) is 12.2. The minimum absolute atomic E-state index is 0.112. The van der Waals surface area contributed by atoms with E-state index in [9.17, 15) is 4.79 Å². The van der Waals surface area contributed by atoms with Crippen molar-refractivity contribution in [3.8, 4) is 0 Å². The summed E-state index contributed by atoms with van der Waals surface area (Å²) < 4.78 is 0. The summed E-state index contributed by atoms with van der Waals surface area (Å²) in [4.78, 5) is 29.9. The number of aromatic nitrogens is 3. The highest BCUT2D eigenvalue weighted by atomic mass is 16.2. The maximum atomic E-state index is 12.9. The summed E-state index contributed by atoms with van der Waals surface area (Å²) in [6.45, 7) is 2.06. The second kappa shape index (κ2) is 7.92. The zero-order chi connectivity index (χ0) is 19.5. The molecule has 28 heavy (non-hydrogen) atoms. The first-order chi connectivity index (χ1) is 13.7. The number of likely N-dealkylation sites (N-methyl/N-ethyl adjacent to an activating group) is 1. The first-order valence-corrected chi connectivity index (χ1v) is 9.81. The second-order valence-corrected chi connectivity index (χ2v) is 7.23. The highest BCUT2D eigenvalue weighted by Crippen LogP contribution is 2.39. The Balaban J connectivity index is 1.64. The Morgan fingerprint density at radius 2 is 2.14 bits per heavy atom. The Hall–Kier alpha value is -3.03. The lowest BCUT2D eigenvalue weighted by atomic mass is 10.0. The van der Waals surface area contributed by atoms with Crippen molar-refractivity contribution in [2.75, 3.05) is 22.3 Å². The third-order valence-corrected chi connectivity index (χ3v) is 5.47. The van der Waals surface area contributed by atoms with E-state index in [1.165, 1.54) is 12.8 Å². The van der Waals surface area contributed by atoms with Gasteiger partial charge < -0.3 is 9.80 Å². The number of pyridine rings is 1. The van der Waals surface area contributed by atoms with Crippen LogP contribution in [0.1, 0.15) is 44.6 Å². The zero-order valence-corrected chi connectivity index (χ0v) is 16.2. The van der Waals surface area contributed by atoms with Gasteiger partial charge in [-0.25, -0.2) is 10.4 Å². The fourth-order valence-electron chi connectivity index (χ4n) is 4.05. The number of rotatable bonds is 5. The van der Waals surface area contributed by atoms with E-state index in [0.29, 0.717) is 12.0 Å². The van der Waals surface area contributed by atoms with Crippen LogP contribution in [-0.2, 0) is 4.79 Å². The van der Waals surface area contributed by atoms with E-state index < -0.39 is 0 Å². The first kappa shape index (κ1) is 18.3. The monoisotopic (exact) mass is 379 g/mol. The van der Waals surface area contributed by atoms with Crippen molar-refractivity contribution in [2.24, 2.45) is 5.10 Å². The van der Waals surface area contributed by atoms with Crippen molar-refractivity contribution in [3.05, 3.63) is 36.3 Å². The van der Waals surface area contributed by atoms with E-state index in [-0.39, 0.29) is 11.9 Å². The molecule has 1 aliphatic heterocycles. The van der Waals surface area contributed by atoms with E-state index in [4.69, 9.17) is 4.98 Å². The van der Waals surface area contributed by atoms with Gasteiger partial charge in [0.15, 0.2) is 5.82 Å². The van der Waals surface area contributed by atoms with Crippen molar-refractivity contribution in [1.82, 2.24) is 15.0 Å². The van der Waals surface area contributed by atoms with Crippen LogP contribution in [0.15, 0.2) is 35.8 Å². The van der Waals surface area contributed by atoms with Gasteiger partial charge in [0.1, 0.15) is 11.7 Å². The van der Waals surface area contributed by atoms with Gasteiger partial charge in [0.05, 0.1) is 12.4 Å². The van der Waals surface area contributed by atoms with Crippen molar-refractivity contribution in [2.45, 2.75) is 51.1 Å². The predicted octanol–water partition coefficient (Wildman–Crippen LogP) is 2.82. The number of hydrazone groups is 1. The molecule has 4 rings (SSSR count). The molecule has 3 heterocycles. The largest absolute Gasteiger partial charge is 0.340 e. The zero-order valence-electron chi connectivity index (χ0n) is 16.2. The van der Waals surface area contributed by atoms with Crippen LogP contribution in [0, 0.1) is 0 Å². The molecule has 1 saturated carbocycles. The van der Waals surface area contributed by atoms with Gasteiger partial charge in [-0.2, -0.15) is 10.1 Å². The predicted molar refractivity (Wildman–Crippen MR) is 110 cm³/mol. The van der Waals surface area contributed by atoms with Gasteiger partial charge >= 0.3 is 0 Å². The standard InChI is InChI=1S/C20H25N7O/c1-3-16-19(28)26(2)17-13-22-20(25-23-12-14-7-6-10-21-11-14)24-18(17)27(16)15-8-4-5-9-15/h6-7,10-13,15-16H,3-5,8-9H2,1-2H3,(H,22,24,25). The molecule has 2 aromatic rings. The summed E-state index contributed by atoms with van der Waals surface area (Å²) in [7, 11) is 1.80. The van der Waals surface area contributed by atoms with Crippen LogP contribution in [0.25, 0.3) is 0 Å². The fraction of sp³-hybridized carbons (Fsp3) is 0.450. The van der Waals surface area contributed by atoms with Crippen molar-refractivity contribution < 1.29 is 4.79 Å². The molecule has 8 nitrogen and oxygen atoms in total. The summed E-state index contributed by atoms with van der Waals surface area (Å²) in [5.74, 6) is 1.34. The van der Waals surface area contributed by atoms with E-state index in [2.05, 4.69) is 32.3 Å². The Morgan fingerprint density at radius 1 is 1.32 bits per heavy atom. The van der Waals surface area contributed by atoms with Crippen molar-refractivity contribution in [3.63, 3.8) is 0 Å². The maximum Gasteiger partial charge on any atom is 0.249 e. The van der Waals surface area contributed by atoms with Crippen LogP contribution in [0.4, 0.5) is 17.5 Å². The van der Waals surface area contributed by atoms with E-state index in [1.807, 2.05) is 12.1 Å². The molecule has 0 spiro atoms. The molecular weight excluding hydrogens is 354 g/mol. The topological polar surface area (TPSA) is 86.6 Å². The van der Waals surface area contributed by atoms with E-state index in [0.717, 1.165) is 36.3 Å². The smallest absolute Gasteiger partial charge is 0.249 e. The van der Waals surface area contributed by atoms with E-state index in [1.54, 1.807) is 36.8 Å². The summed E-state index contributed by atoms with van der Waals surface area (Å²) in [5.41, 5.74) is 4.54. The number of nitrogens with zero attached hydrogens (tertiary/aromatic N) is 6. The number of fused-ring (bicyclic) bond motifs is 1. The van der Waals surface area contributed by atoms with Crippen LogP contribution in [-0.4, -0.2) is 46.2 Å². The van der Waals surface area contributed by atoms with Crippen LogP contribution < -0.4 is 15.2 Å². The van der Waals surface area contributed by atoms with Gasteiger partial charge in [-0.15, -0.1) is 0 Å². The molecule has 1 aliphatic carbocycles. The summed E-state index contributed by atoms with van der Waals surface area (Å²) in [5, 5.41) is 4.22. The molecule has 0 saturated heterocycles. The molecular formula is C20H25N7O. The number of nitrogens with one attached hydrogen (secondary N) is 1. The van der Waals surface area contributed by atoms with Crippen molar-refractivity contribution in [1.29, 1.82) is 0 Å². The average molecular weight is 379 g/mol. The van der Waals surface area contributed by atoms with Gasteiger partial charge in [-0.3, -0.25) is 9.78 Å². The molecule has 0 bridgehead atoms. The van der Waals surface area contributed by atoms with E-state index >= 15 is 0 Å². The molecule has 2 aromatic heterocycles. The lowest BCUT2D eigenvalue weighted by Crippen LogP contribution is -2.55. The highest BCUT2D eigenvalue weighted by molar-refractivity contribution is 6.04. The molecule has 1 atom stereocenters. The average Bonchev–Trinajstić information content (AvgIpc) is 3.25. The van der Waals surface area contributed by atoms with Gasteiger partial charge in [-0.05, 0) is 25.3 Å². The Morgan fingerprint density at radius 3 is 2.86 bits per heavy atom. The third kappa shape index (κ3) is 3.42. The first-order valence-electron chi connectivity index (χ1n) is 9.81. The minimum Gasteiger partial charge on any atom is -0.340 e.